The summed E-state index contributed by atoms with van der Waals surface area (Å²) in [6.07, 6.45) is 7.81. The van der Waals surface area contributed by atoms with Crippen LogP contribution in [0.4, 0.5) is 0 Å². The first-order valence-electron chi connectivity index (χ1n) is 7.63. The van der Waals surface area contributed by atoms with E-state index in [9.17, 15) is 9.59 Å². The van der Waals surface area contributed by atoms with Crippen molar-refractivity contribution in [1.82, 2.24) is 10.6 Å². The van der Waals surface area contributed by atoms with Crippen molar-refractivity contribution >= 4 is 11.8 Å². The van der Waals surface area contributed by atoms with Crippen LogP contribution in [0.3, 0.4) is 0 Å². The van der Waals surface area contributed by atoms with Crippen LogP contribution in [0.15, 0.2) is 0 Å². The van der Waals surface area contributed by atoms with Gasteiger partial charge in [0, 0.05) is 12.0 Å². The van der Waals surface area contributed by atoms with Gasteiger partial charge in [0.1, 0.15) is 6.04 Å². The zero-order chi connectivity index (χ0) is 13.9. The summed E-state index contributed by atoms with van der Waals surface area (Å²) in [5.41, 5.74) is -0.105. The highest BCUT2D eigenvalue weighted by Crippen LogP contribution is 2.33. The van der Waals surface area contributed by atoms with Crippen molar-refractivity contribution in [1.29, 1.82) is 0 Å². The highest BCUT2D eigenvalue weighted by atomic mass is 16.2. The molecule has 3 atom stereocenters. The number of nitrogens with one attached hydrogen (secondary N) is 2. The lowest BCUT2D eigenvalue weighted by Gasteiger charge is -2.41. The van der Waals surface area contributed by atoms with Gasteiger partial charge in [-0.05, 0) is 38.5 Å². The summed E-state index contributed by atoms with van der Waals surface area (Å²) >= 11 is 0. The molecule has 0 aromatic carbocycles. The second-order valence-electron chi connectivity index (χ2n) is 6.42. The lowest BCUT2D eigenvalue weighted by atomic mass is 9.75. The van der Waals surface area contributed by atoms with E-state index in [1.54, 1.807) is 0 Å². The third-order valence-electron chi connectivity index (χ3n) is 4.88. The van der Waals surface area contributed by atoms with E-state index in [0.29, 0.717) is 12.3 Å². The molecule has 0 unspecified atom stereocenters. The van der Waals surface area contributed by atoms with E-state index in [4.69, 9.17) is 0 Å². The average Bonchev–Trinajstić information content (AvgIpc) is 2.58. The first-order chi connectivity index (χ1) is 9.01. The smallest absolute Gasteiger partial charge is 0.243 e. The van der Waals surface area contributed by atoms with Crippen molar-refractivity contribution in [2.24, 2.45) is 5.92 Å². The van der Waals surface area contributed by atoms with Crippen LogP contribution in [-0.4, -0.2) is 23.4 Å². The average molecular weight is 266 g/mol. The number of amides is 2. The Morgan fingerprint density at radius 3 is 2.74 bits per heavy atom. The molecule has 2 fully saturated rings. The fraction of sp³-hybridized carbons (Fsp3) is 0.867. The molecule has 4 nitrogen and oxygen atoms in total. The van der Waals surface area contributed by atoms with Crippen molar-refractivity contribution in [3.63, 3.8) is 0 Å². The minimum absolute atomic E-state index is 0.00602. The van der Waals surface area contributed by atoms with Gasteiger partial charge in [-0.3, -0.25) is 9.59 Å². The van der Waals surface area contributed by atoms with Crippen LogP contribution in [-0.2, 0) is 9.59 Å². The predicted molar refractivity (Wildman–Crippen MR) is 74.6 cm³/mol. The van der Waals surface area contributed by atoms with E-state index < -0.39 is 0 Å². The molecular formula is C15H26N2O2. The topological polar surface area (TPSA) is 58.2 Å². The maximum Gasteiger partial charge on any atom is 0.243 e. The summed E-state index contributed by atoms with van der Waals surface area (Å²) in [7, 11) is 0. The van der Waals surface area contributed by atoms with E-state index >= 15 is 0 Å². The summed E-state index contributed by atoms with van der Waals surface area (Å²) in [4.78, 5) is 23.9. The Balaban J connectivity index is 1.97. The van der Waals surface area contributed by atoms with Gasteiger partial charge >= 0.3 is 0 Å². The minimum atomic E-state index is -0.332. The monoisotopic (exact) mass is 266 g/mol. The Labute approximate surface area is 115 Å². The van der Waals surface area contributed by atoms with E-state index in [2.05, 4.69) is 24.5 Å². The van der Waals surface area contributed by atoms with Crippen LogP contribution in [0.2, 0.25) is 0 Å². The van der Waals surface area contributed by atoms with Crippen LogP contribution in [0.25, 0.3) is 0 Å². The molecule has 1 saturated heterocycles. The molecule has 4 heteroatoms. The molecule has 0 radical (unpaired) electrons. The largest absolute Gasteiger partial charge is 0.349 e. The van der Waals surface area contributed by atoms with Gasteiger partial charge in [0.2, 0.25) is 11.8 Å². The molecule has 2 aliphatic rings. The third-order valence-corrected chi connectivity index (χ3v) is 4.88. The molecule has 2 N–H and O–H groups in total. The van der Waals surface area contributed by atoms with E-state index in [0.717, 1.165) is 25.7 Å². The SMILES string of the molecule is C[C@@H]1CCCC[C@]1(C)NC(=O)[C@H]1CCCCC(=O)N1. The summed E-state index contributed by atoms with van der Waals surface area (Å²) in [6, 6.07) is -0.332. The lowest BCUT2D eigenvalue weighted by Crippen LogP contribution is -2.57. The molecule has 0 aromatic heterocycles. The molecule has 0 aromatic rings. The molecule has 1 saturated carbocycles. The first kappa shape index (κ1) is 14.4. The van der Waals surface area contributed by atoms with Crippen LogP contribution < -0.4 is 10.6 Å². The Morgan fingerprint density at radius 2 is 2.00 bits per heavy atom. The molecule has 1 heterocycles. The maximum atomic E-state index is 12.4. The minimum Gasteiger partial charge on any atom is -0.349 e. The van der Waals surface area contributed by atoms with Gasteiger partial charge < -0.3 is 10.6 Å². The standard InChI is InChI=1S/C15H26N2O2/c1-11-7-5-6-10-15(11,2)17-14(19)12-8-3-4-9-13(18)16-12/h11-12H,3-10H2,1-2H3,(H,16,18)(H,17,19)/t11-,12-,15+/m1/s1. The predicted octanol–water partition coefficient (Wildman–Crippen LogP) is 2.13. The van der Waals surface area contributed by atoms with Crippen LogP contribution in [0.5, 0.6) is 0 Å². The van der Waals surface area contributed by atoms with Gasteiger partial charge in [-0.1, -0.05) is 26.2 Å². The maximum absolute atomic E-state index is 12.4. The summed E-state index contributed by atoms with van der Waals surface area (Å²) < 4.78 is 0. The highest BCUT2D eigenvalue weighted by Gasteiger charge is 2.36. The van der Waals surface area contributed by atoms with Gasteiger partial charge in [-0.15, -0.1) is 0 Å². The van der Waals surface area contributed by atoms with Crippen molar-refractivity contribution in [2.75, 3.05) is 0 Å². The molecule has 108 valence electrons. The van der Waals surface area contributed by atoms with E-state index in [-0.39, 0.29) is 23.4 Å². The molecule has 19 heavy (non-hydrogen) atoms. The molecule has 0 bridgehead atoms. The summed E-state index contributed by atoms with van der Waals surface area (Å²) in [5.74, 6) is 0.526. The van der Waals surface area contributed by atoms with Crippen molar-refractivity contribution in [3.8, 4) is 0 Å². The van der Waals surface area contributed by atoms with Crippen LogP contribution in [0, 0.1) is 5.92 Å². The number of hydrogen-bond donors (Lipinski definition) is 2. The summed E-state index contributed by atoms with van der Waals surface area (Å²) in [6.45, 7) is 4.36. The second kappa shape index (κ2) is 5.93. The van der Waals surface area contributed by atoms with Crippen molar-refractivity contribution in [2.45, 2.75) is 76.8 Å². The van der Waals surface area contributed by atoms with Gasteiger partial charge in [0.05, 0.1) is 0 Å². The molecule has 0 spiro atoms. The highest BCUT2D eigenvalue weighted by molar-refractivity contribution is 5.88. The number of rotatable bonds is 2. The van der Waals surface area contributed by atoms with Gasteiger partial charge in [0.25, 0.3) is 0 Å². The Kier molecular flexibility index (Phi) is 4.48. The number of carbonyl (C=O) groups is 2. The Bertz CT molecular complexity index is 356. The Hall–Kier alpha value is -1.06. The van der Waals surface area contributed by atoms with Crippen molar-refractivity contribution in [3.05, 3.63) is 0 Å². The summed E-state index contributed by atoms with van der Waals surface area (Å²) in [5, 5.41) is 6.06. The first-order valence-corrected chi connectivity index (χ1v) is 7.63. The molecule has 1 aliphatic heterocycles. The van der Waals surface area contributed by atoms with Gasteiger partial charge in [0.15, 0.2) is 0 Å². The number of carbonyl (C=O) groups excluding carboxylic acids is 2. The molecule has 2 amide bonds. The van der Waals surface area contributed by atoms with Crippen molar-refractivity contribution < 1.29 is 9.59 Å². The number of hydrogen-bond acceptors (Lipinski definition) is 2. The van der Waals surface area contributed by atoms with Gasteiger partial charge in [-0.25, -0.2) is 0 Å². The van der Waals surface area contributed by atoms with Gasteiger partial charge in [-0.2, -0.15) is 0 Å². The molecular weight excluding hydrogens is 240 g/mol. The Morgan fingerprint density at radius 1 is 1.26 bits per heavy atom. The quantitative estimate of drug-likeness (QED) is 0.804. The second-order valence-corrected chi connectivity index (χ2v) is 6.42. The molecule has 1 aliphatic carbocycles. The lowest BCUT2D eigenvalue weighted by molar-refractivity contribution is -0.130. The zero-order valence-corrected chi connectivity index (χ0v) is 12.1. The fourth-order valence-electron chi connectivity index (χ4n) is 3.23. The van der Waals surface area contributed by atoms with E-state index in [1.165, 1.54) is 19.3 Å². The van der Waals surface area contributed by atoms with Crippen LogP contribution >= 0.6 is 0 Å². The van der Waals surface area contributed by atoms with E-state index in [1.807, 2.05) is 0 Å². The molecule has 2 rings (SSSR count). The zero-order valence-electron chi connectivity index (χ0n) is 12.1. The fourth-order valence-corrected chi connectivity index (χ4v) is 3.23. The third kappa shape index (κ3) is 3.48. The normalized spacial score (nSPS) is 36.2. The van der Waals surface area contributed by atoms with Crippen LogP contribution in [0.1, 0.15) is 65.2 Å².